The van der Waals surface area contributed by atoms with Crippen molar-refractivity contribution in [1.29, 1.82) is 0 Å². The summed E-state index contributed by atoms with van der Waals surface area (Å²) in [7, 11) is 1.76. The lowest BCUT2D eigenvalue weighted by molar-refractivity contribution is -0.131. The van der Waals surface area contributed by atoms with E-state index in [9.17, 15) is 14.4 Å². The molecule has 1 aromatic heterocycles. The second kappa shape index (κ2) is 10.1. The van der Waals surface area contributed by atoms with Crippen LogP contribution in [0, 0.1) is 12.8 Å². The second-order valence-electron chi connectivity index (χ2n) is 8.58. The lowest BCUT2D eigenvalue weighted by Crippen LogP contribution is -2.49. The number of nitrogens with zero attached hydrogens (tertiary/aromatic N) is 3. The first kappa shape index (κ1) is 24.7. The van der Waals surface area contributed by atoms with Crippen LogP contribution in [0.3, 0.4) is 0 Å². The Morgan fingerprint density at radius 1 is 1.03 bits per heavy atom. The summed E-state index contributed by atoms with van der Waals surface area (Å²) in [4.78, 5) is 41.9. The molecule has 180 valence electrons. The van der Waals surface area contributed by atoms with Crippen LogP contribution >= 0.6 is 24.0 Å². The number of benzene rings is 2. The standard InChI is InChI=1S/C26H26N4O3S2/c1-16(2)22(29-24(32)20(35-26(29)34)15-18-11-7-5-8-12-18)23(31)27-21-17(3)28(4)30(25(21)33)19-13-9-6-10-14-19/h5-16,22H,1-4H3,(H,27,31)/b20-15+. The van der Waals surface area contributed by atoms with Crippen molar-refractivity contribution < 1.29 is 9.59 Å². The van der Waals surface area contributed by atoms with Crippen LogP contribution in [0.2, 0.25) is 0 Å². The number of anilines is 1. The molecular weight excluding hydrogens is 480 g/mol. The van der Waals surface area contributed by atoms with Gasteiger partial charge >= 0.3 is 0 Å². The molecule has 3 aromatic rings. The molecule has 0 radical (unpaired) electrons. The van der Waals surface area contributed by atoms with Crippen molar-refractivity contribution in [1.82, 2.24) is 14.3 Å². The minimum Gasteiger partial charge on any atom is -0.318 e. The number of rotatable bonds is 6. The smallest absolute Gasteiger partial charge is 0.295 e. The van der Waals surface area contributed by atoms with Gasteiger partial charge in [-0.05, 0) is 36.6 Å². The number of hydrogen-bond donors (Lipinski definition) is 1. The van der Waals surface area contributed by atoms with Crippen LogP contribution in [0.4, 0.5) is 5.69 Å². The Kier molecular flexibility index (Phi) is 7.09. The normalized spacial score (nSPS) is 15.8. The van der Waals surface area contributed by atoms with Gasteiger partial charge < -0.3 is 5.32 Å². The summed E-state index contributed by atoms with van der Waals surface area (Å²) < 4.78 is 3.51. The van der Waals surface area contributed by atoms with E-state index in [0.29, 0.717) is 20.6 Å². The van der Waals surface area contributed by atoms with Crippen LogP contribution in [0.1, 0.15) is 25.1 Å². The Morgan fingerprint density at radius 3 is 2.23 bits per heavy atom. The van der Waals surface area contributed by atoms with Gasteiger partial charge in [0, 0.05) is 7.05 Å². The molecule has 1 saturated heterocycles. The fourth-order valence-corrected chi connectivity index (χ4v) is 5.38. The molecule has 1 fully saturated rings. The van der Waals surface area contributed by atoms with E-state index < -0.39 is 11.9 Å². The number of carbonyl (C=O) groups excluding carboxylic acids is 2. The lowest BCUT2D eigenvalue weighted by atomic mass is 10.0. The molecule has 1 aliphatic rings. The van der Waals surface area contributed by atoms with Crippen molar-refractivity contribution in [3.8, 4) is 5.69 Å². The Balaban J connectivity index is 1.65. The van der Waals surface area contributed by atoms with Crippen LogP contribution in [0.15, 0.2) is 70.4 Å². The number of para-hydroxylation sites is 1. The largest absolute Gasteiger partial charge is 0.318 e. The third kappa shape index (κ3) is 4.74. The first-order chi connectivity index (χ1) is 16.7. The van der Waals surface area contributed by atoms with Gasteiger partial charge in [0.25, 0.3) is 11.5 Å². The van der Waals surface area contributed by atoms with Crippen molar-refractivity contribution in [2.75, 3.05) is 5.32 Å². The van der Waals surface area contributed by atoms with E-state index in [2.05, 4.69) is 5.32 Å². The molecule has 1 atom stereocenters. The maximum Gasteiger partial charge on any atom is 0.295 e. The second-order valence-corrected chi connectivity index (χ2v) is 10.3. The first-order valence-electron chi connectivity index (χ1n) is 11.2. The van der Waals surface area contributed by atoms with E-state index in [1.165, 1.54) is 21.3 Å². The molecule has 1 aliphatic heterocycles. The van der Waals surface area contributed by atoms with Crippen molar-refractivity contribution in [2.24, 2.45) is 13.0 Å². The van der Waals surface area contributed by atoms with E-state index >= 15 is 0 Å². The number of amides is 2. The van der Waals surface area contributed by atoms with Gasteiger partial charge in [0.05, 0.1) is 16.3 Å². The molecule has 1 unspecified atom stereocenters. The Bertz CT molecular complexity index is 1370. The summed E-state index contributed by atoms with van der Waals surface area (Å²) in [6, 6.07) is 17.8. The molecule has 2 aromatic carbocycles. The fourth-order valence-electron chi connectivity index (χ4n) is 4.05. The third-order valence-corrected chi connectivity index (χ3v) is 7.23. The van der Waals surface area contributed by atoms with Gasteiger partial charge in [-0.1, -0.05) is 86.4 Å². The minimum absolute atomic E-state index is 0.178. The highest BCUT2D eigenvalue weighted by Crippen LogP contribution is 2.35. The van der Waals surface area contributed by atoms with Crippen molar-refractivity contribution in [3.05, 3.63) is 87.2 Å². The molecule has 9 heteroatoms. The van der Waals surface area contributed by atoms with Crippen molar-refractivity contribution >= 4 is 51.9 Å². The zero-order valence-corrected chi connectivity index (χ0v) is 21.5. The van der Waals surface area contributed by atoms with Crippen LogP contribution in [-0.2, 0) is 16.6 Å². The van der Waals surface area contributed by atoms with Gasteiger partial charge in [-0.2, -0.15) is 0 Å². The highest BCUT2D eigenvalue weighted by Gasteiger charge is 2.42. The van der Waals surface area contributed by atoms with Gasteiger partial charge in [-0.3, -0.25) is 24.0 Å². The van der Waals surface area contributed by atoms with Gasteiger partial charge in [-0.25, -0.2) is 4.68 Å². The highest BCUT2D eigenvalue weighted by molar-refractivity contribution is 8.26. The molecule has 1 N–H and O–H groups in total. The number of nitrogens with one attached hydrogen (secondary N) is 1. The van der Waals surface area contributed by atoms with Crippen molar-refractivity contribution in [2.45, 2.75) is 26.8 Å². The molecule has 4 rings (SSSR count). The molecule has 0 saturated carbocycles. The molecule has 2 heterocycles. The maximum atomic E-state index is 13.5. The SMILES string of the molecule is Cc1c(NC(=O)C(C(C)C)N2C(=O)/C(=C\c3ccccc3)SC2=S)c(=O)n(-c2ccccc2)n1C. The third-order valence-electron chi connectivity index (χ3n) is 5.90. The molecule has 7 nitrogen and oxygen atoms in total. The van der Waals surface area contributed by atoms with E-state index in [1.54, 1.807) is 24.7 Å². The van der Waals surface area contributed by atoms with Gasteiger partial charge in [0.2, 0.25) is 5.91 Å². The van der Waals surface area contributed by atoms with E-state index in [1.807, 2.05) is 74.5 Å². The lowest BCUT2D eigenvalue weighted by Gasteiger charge is -2.28. The molecular formula is C26H26N4O3S2. The zero-order chi connectivity index (χ0) is 25.3. The number of hydrogen-bond acceptors (Lipinski definition) is 5. The Morgan fingerprint density at radius 2 is 1.63 bits per heavy atom. The van der Waals surface area contributed by atoms with Gasteiger partial charge in [0.1, 0.15) is 16.0 Å². The van der Waals surface area contributed by atoms with Gasteiger partial charge in [0.15, 0.2) is 0 Å². The topological polar surface area (TPSA) is 76.3 Å². The van der Waals surface area contributed by atoms with Crippen LogP contribution in [0.5, 0.6) is 0 Å². The summed E-state index contributed by atoms with van der Waals surface area (Å²) >= 11 is 6.68. The van der Waals surface area contributed by atoms with Crippen LogP contribution in [0.25, 0.3) is 11.8 Å². The minimum atomic E-state index is -0.867. The average molecular weight is 507 g/mol. The molecule has 2 amide bonds. The first-order valence-corrected chi connectivity index (χ1v) is 12.4. The number of carbonyl (C=O) groups is 2. The monoisotopic (exact) mass is 506 g/mol. The van der Waals surface area contributed by atoms with Crippen LogP contribution < -0.4 is 10.9 Å². The van der Waals surface area contributed by atoms with E-state index in [4.69, 9.17) is 12.2 Å². The summed E-state index contributed by atoms with van der Waals surface area (Å²) in [5.41, 5.74) is 2.00. The predicted molar refractivity (Wildman–Crippen MR) is 144 cm³/mol. The molecule has 0 bridgehead atoms. The number of aromatic nitrogens is 2. The maximum absolute atomic E-state index is 13.5. The Hall–Kier alpha value is -3.43. The zero-order valence-electron chi connectivity index (χ0n) is 19.9. The number of thioether (sulfide) groups is 1. The van der Waals surface area contributed by atoms with Gasteiger partial charge in [-0.15, -0.1) is 0 Å². The van der Waals surface area contributed by atoms with Crippen molar-refractivity contribution in [3.63, 3.8) is 0 Å². The summed E-state index contributed by atoms with van der Waals surface area (Å²) in [5.74, 6) is -1.01. The van der Waals surface area contributed by atoms with E-state index in [0.717, 1.165) is 5.56 Å². The highest BCUT2D eigenvalue weighted by atomic mass is 32.2. The number of thiocarbonyl (C=S) groups is 1. The Labute approximate surface area is 213 Å². The molecule has 35 heavy (non-hydrogen) atoms. The summed E-state index contributed by atoms with van der Waals surface area (Å²) in [6.07, 6.45) is 1.77. The fraction of sp³-hybridized carbons (Fsp3) is 0.231. The molecule has 0 aliphatic carbocycles. The average Bonchev–Trinajstić information content (AvgIpc) is 3.22. The van der Waals surface area contributed by atoms with Crippen LogP contribution in [-0.4, -0.2) is 36.4 Å². The summed E-state index contributed by atoms with van der Waals surface area (Å²) in [5, 5.41) is 2.80. The van der Waals surface area contributed by atoms with E-state index in [-0.39, 0.29) is 23.1 Å². The predicted octanol–water partition coefficient (Wildman–Crippen LogP) is 4.35. The summed E-state index contributed by atoms with van der Waals surface area (Å²) in [6.45, 7) is 5.47. The quantitative estimate of drug-likeness (QED) is 0.397. The molecule has 0 spiro atoms.